The number of nitrogens with zero attached hydrogens (tertiary/aromatic N) is 1. The Morgan fingerprint density at radius 1 is 1.27 bits per heavy atom. The number of oxime groups is 1. The van der Waals surface area contributed by atoms with Crippen LogP contribution in [0.5, 0.6) is 0 Å². The molecule has 1 aliphatic carbocycles. The number of hydrogen-bond donors (Lipinski definition) is 0. The molecule has 0 amide bonds. The minimum Gasteiger partial charge on any atom is -0.399 e. The maximum atomic E-state index is 4.92. The third kappa shape index (κ3) is 2.20. The maximum Gasteiger partial charge on any atom is 0.106 e. The second-order valence-electron chi connectivity index (χ2n) is 4.23. The molecule has 0 aliphatic heterocycles. The molecule has 2 nitrogen and oxygen atoms in total. The highest BCUT2D eigenvalue weighted by Gasteiger charge is 2.29. The zero-order valence-corrected chi connectivity index (χ0v) is 9.58. The van der Waals surface area contributed by atoms with Crippen molar-refractivity contribution in [1.82, 2.24) is 0 Å². The minimum absolute atomic E-state index is 0.618. The van der Waals surface area contributed by atoms with Crippen LogP contribution in [0.4, 0.5) is 0 Å². The summed E-state index contributed by atoms with van der Waals surface area (Å²) in [5, 5.41) is 4.14. The summed E-state index contributed by atoms with van der Waals surface area (Å²) in [4.78, 5) is 4.92. The van der Waals surface area contributed by atoms with Crippen LogP contribution in [0.15, 0.2) is 23.4 Å². The van der Waals surface area contributed by atoms with Gasteiger partial charge in [0.2, 0.25) is 0 Å². The van der Waals surface area contributed by atoms with Gasteiger partial charge in [0.15, 0.2) is 0 Å². The summed E-state index contributed by atoms with van der Waals surface area (Å²) in [7, 11) is 1.61. The Hall–Kier alpha value is -1.31. The fourth-order valence-electron chi connectivity index (χ4n) is 1.72. The number of hydrogen-bond acceptors (Lipinski definition) is 2. The van der Waals surface area contributed by atoms with E-state index in [1.807, 2.05) is 0 Å². The van der Waals surface area contributed by atoms with Crippen molar-refractivity contribution in [3.8, 4) is 0 Å². The molecule has 2 heteroatoms. The lowest BCUT2D eigenvalue weighted by atomic mass is 10.0. The lowest BCUT2D eigenvalue weighted by molar-refractivity contribution is 0.212. The first kappa shape index (κ1) is 10.2. The van der Waals surface area contributed by atoms with Crippen molar-refractivity contribution in [2.24, 2.45) is 11.1 Å². The summed E-state index contributed by atoms with van der Waals surface area (Å²) >= 11 is 0. The fourth-order valence-corrected chi connectivity index (χ4v) is 1.72. The van der Waals surface area contributed by atoms with Gasteiger partial charge in [-0.15, -0.1) is 0 Å². The molecule has 15 heavy (non-hydrogen) atoms. The van der Waals surface area contributed by atoms with Crippen molar-refractivity contribution in [3.05, 3.63) is 34.9 Å². The fraction of sp³-hybridized carbons (Fsp3) is 0.462. The molecule has 0 unspecified atom stereocenters. The molecule has 0 heterocycles. The van der Waals surface area contributed by atoms with Gasteiger partial charge in [-0.25, -0.2) is 0 Å². The summed E-state index contributed by atoms with van der Waals surface area (Å²) in [6, 6.07) is 6.49. The van der Waals surface area contributed by atoms with Crippen molar-refractivity contribution in [1.29, 1.82) is 0 Å². The van der Waals surface area contributed by atoms with E-state index in [1.165, 1.54) is 29.5 Å². The van der Waals surface area contributed by atoms with Crippen LogP contribution in [0, 0.1) is 19.8 Å². The van der Waals surface area contributed by atoms with Crippen LogP contribution in [-0.4, -0.2) is 12.8 Å². The second-order valence-corrected chi connectivity index (χ2v) is 4.23. The van der Waals surface area contributed by atoms with Crippen LogP contribution in [-0.2, 0) is 4.84 Å². The van der Waals surface area contributed by atoms with E-state index in [1.54, 1.807) is 7.11 Å². The molecule has 1 aliphatic rings. The van der Waals surface area contributed by atoms with Crippen LogP contribution in [0.2, 0.25) is 0 Å². The molecule has 0 aromatic heterocycles. The van der Waals surface area contributed by atoms with E-state index in [0.717, 1.165) is 5.71 Å². The highest BCUT2D eigenvalue weighted by Crippen LogP contribution is 2.33. The molecule has 1 saturated carbocycles. The molecule has 1 aromatic rings. The van der Waals surface area contributed by atoms with E-state index in [9.17, 15) is 0 Å². The van der Waals surface area contributed by atoms with Crippen molar-refractivity contribution in [2.45, 2.75) is 26.7 Å². The van der Waals surface area contributed by atoms with Gasteiger partial charge in [0, 0.05) is 5.92 Å². The number of benzene rings is 1. The van der Waals surface area contributed by atoms with Crippen molar-refractivity contribution in [3.63, 3.8) is 0 Å². The molecule has 0 radical (unpaired) electrons. The van der Waals surface area contributed by atoms with Crippen molar-refractivity contribution >= 4 is 5.71 Å². The van der Waals surface area contributed by atoms with E-state index in [4.69, 9.17) is 4.84 Å². The average molecular weight is 203 g/mol. The van der Waals surface area contributed by atoms with Gasteiger partial charge >= 0.3 is 0 Å². The van der Waals surface area contributed by atoms with Gasteiger partial charge < -0.3 is 4.84 Å². The Bertz CT molecular complexity index is 392. The van der Waals surface area contributed by atoms with E-state index >= 15 is 0 Å². The van der Waals surface area contributed by atoms with E-state index in [2.05, 4.69) is 37.2 Å². The third-order valence-electron chi connectivity index (χ3n) is 2.96. The topological polar surface area (TPSA) is 21.6 Å². The molecule has 0 N–H and O–H groups in total. The van der Waals surface area contributed by atoms with Crippen LogP contribution in [0.1, 0.15) is 29.5 Å². The van der Waals surface area contributed by atoms with Gasteiger partial charge in [-0.3, -0.25) is 0 Å². The molecule has 0 atom stereocenters. The van der Waals surface area contributed by atoms with Gasteiger partial charge in [0.25, 0.3) is 0 Å². The van der Waals surface area contributed by atoms with Gasteiger partial charge in [0.05, 0.1) is 5.71 Å². The van der Waals surface area contributed by atoms with Crippen molar-refractivity contribution < 1.29 is 4.84 Å². The quantitative estimate of drug-likeness (QED) is 0.546. The Balaban J connectivity index is 2.33. The van der Waals surface area contributed by atoms with Crippen LogP contribution in [0.3, 0.4) is 0 Å². The van der Waals surface area contributed by atoms with Gasteiger partial charge in [-0.05, 0) is 49.4 Å². The van der Waals surface area contributed by atoms with Gasteiger partial charge in [-0.1, -0.05) is 17.3 Å². The highest BCUT2D eigenvalue weighted by molar-refractivity contribution is 6.03. The summed E-state index contributed by atoms with van der Waals surface area (Å²) in [5.74, 6) is 0.618. The Kier molecular flexibility index (Phi) is 2.76. The predicted octanol–water partition coefficient (Wildman–Crippen LogP) is 3.06. The summed E-state index contributed by atoms with van der Waals surface area (Å²) < 4.78 is 0. The summed E-state index contributed by atoms with van der Waals surface area (Å²) in [5.41, 5.74) is 4.96. The molecule has 0 spiro atoms. The lowest BCUT2D eigenvalue weighted by Crippen LogP contribution is -2.04. The molecule has 0 saturated heterocycles. The molecule has 2 rings (SSSR count). The number of aryl methyl sites for hydroxylation is 2. The largest absolute Gasteiger partial charge is 0.399 e. The Morgan fingerprint density at radius 3 is 2.53 bits per heavy atom. The maximum absolute atomic E-state index is 4.92. The first-order valence-electron chi connectivity index (χ1n) is 5.41. The van der Waals surface area contributed by atoms with Crippen LogP contribution in [0.25, 0.3) is 0 Å². The molecule has 1 aromatic carbocycles. The Morgan fingerprint density at radius 2 is 2.00 bits per heavy atom. The average Bonchev–Trinajstić information content (AvgIpc) is 3.02. The summed E-state index contributed by atoms with van der Waals surface area (Å²) in [6.45, 7) is 4.26. The smallest absolute Gasteiger partial charge is 0.106 e. The first-order chi connectivity index (χ1) is 7.22. The summed E-state index contributed by atoms with van der Waals surface area (Å²) in [6.07, 6.45) is 2.49. The molecule has 1 fully saturated rings. The van der Waals surface area contributed by atoms with Gasteiger partial charge in [-0.2, -0.15) is 0 Å². The third-order valence-corrected chi connectivity index (χ3v) is 2.96. The normalized spacial score (nSPS) is 16.6. The molecular formula is C13H17NO. The standard InChI is InChI=1S/C13H17NO/c1-9-4-5-12(8-10(9)2)13(14-15-3)11-6-7-11/h4-5,8,11H,6-7H2,1-3H3/b14-13+. The SMILES string of the molecule is CO/N=C(/c1ccc(C)c(C)c1)C1CC1. The Labute approximate surface area is 90.9 Å². The molecule has 80 valence electrons. The second kappa shape index (κ2) is 4.05. The van der Waals surface area contributed by atoms with E-state index in [0.29, 0.717) is 5.92 Å². The molecular weight excluding hydrogens is 186 g/mol. The van der Waals surface area contributed by atoms with E-state index < -0.39 is 0 Å². The zero-order valence-electron chi connectivity index (χ0n) is 9.58. The van der Waals surface area contributed by atoms with Crippen LogP contribution >= 0.6 is 0 Å². The first-order valence-corrected chi connectivity index (χ1v) is 5.41. The molecule has 0 bridgehead atoms. The van der Waals surface area contributed by atoms with E-state index in [-0.39, 0.29) is 0 Å². The predicted molar refractivity (Wildman–Crippen MR) is 62.2 cm³/mol. The van der Waals surface area contributed by atoms with Crippen molar-refractivity contribution in [2.75, 3.05) is 7.11 Å². The van der Waals surface area contributed by atoms with Crippen LogP contribution < -0.4 is 0 Å². The lowest BCUT2D eigenvalue weighted by Gasteiger charge is -2.07. The minimum atomic E-state index is 0.618. The highest BCUT2D eigenvalue weighted by atomic mass is 16.6. The zero-order chi connectivity index (χ0) is 10.8. The monoisotopic (exact) mass is 203 g/mol. The number of rotatable bonds is 3. The van der Waals surface area contributed by atoms with Gasteiger partial charge in [0.1, 0.15) is 7.11 Å².